The highest BCUT2D eigenvalue weighted by molar-refractivity contribution is 6.14. The van der Waals surface area contributed by atoms with Gasteiger partial charge in [-0.3, -0.25) is 9.59 Å². The number of ether oxygens (including phenoxy) is 1. The smallest absolute Gasteiger partial charge is 0.241 e. The molecular weight excluding hydrogens is 524 g/mol. The predicted molar refractivity (Wildman–Crippen MR) is 166 cm³/mol. The molecule has 4 unspecified atom stereocenters. The maximum absolute atomic E-state index is 15.1. The Bertz CT molecular complexity index is 1540. The molecular formula is C36H42N2O4. The third-order valence-corrected chi connectivity index (χ3v) is 10.0. The number of hydrogen-bond donors (Lipinski definition) is 1. The van der Waals surface area contributed by atoms with Gasteiger partial charge in [0.2, 0.25) is 11.8 Å². The summed E-state index contributed by atoms with van der Waals surface area (Å²) in [6, 6.07) is 21.6. The van der Waals surface area contributed by atoms with Gasteiger partial charge in [-0.2, -0.15) is 0 Å². The molecule has 2 aliphatic heterocycles. The van der Waals surface area contributed by atoms with Crippen LogP contribution in [0.5, 0.6) is 0 Å². The molecule has 6 heteroatoms. The molecule has 0 saturated heterocycles. The maximum Gasteiger partial charge on any atom is 0.241 e. The molecule has 6 rings (SSSR count). The number of unbranched alkanes of at least 4 members (excludes halogenated alkanes) is 2. The molecule has 1 saturated carbocycles. The van der Waals surface area contributed by atoms with Crippen molar-refractivity contribution in [2.75, 3.05) is 30.0 Å². The summed E-state index contributed by atoms with van der Waals surface area (Å²) in [5.41, 5.74) is 1.40. The molecule has 3 aromatic carbocycles. The van der Waals surface area contributed by atoms with Crippen molar-refractivity contribution in [3.63, 3.8) is 0 Å². The van der Waals surface area contributed by atoms with Crippen molar-refractivity contribution in [3.8, 4) is 0 Å². The number of anilines is 2. The van der Waals surface area contributed by atoms with Crippen LogP contribution in [0.25, 0.3) is 0 Å². The first-order valence-electron chi connectivity index (χ1n) is 15.4. The van der Waals surface area contributed by atoms with Gasteiger partial charge in [0.1, 0.15) is 22.5 Å². The van der Waals surface area contributed by atoms with Gasteiger partial charge in [0.15, 0.2) is 0 Å². The predicted octanol–water partition coefficient (Wildman–Crippen LogP) is 6.08. The minimum absolute atomic E-state index is 0.0938. The molecule has 0 aromatic heterocycles. The average molecular weight is 567 g/mol. The zero-order valence-electron chi connectivity index (χ0n) is 25.4. The third kappa shape index (κ3) is 3.58. The second kappa shape index (κ2) is 10.4. The van der Waals surface area contributed by atoms with Crippen LogP contribution < -0.4 is 9.80 Å². The lowest BCUT2D eigenvalue weighted by molar-refractivity contribution is -0.153. The number of methoxy groups -OCH3 is 1. The molecule has 3 aromatic rings. The lowest BCUT2D eigenvalue weighted by atomic mass is 9.66. The molecule has 2 spiro atoms. The summed E-state index contributed by atoms with van der Waals surface area (Å²) in [4.78, 5) is 33.8. The van der Waals surface area contributed by atoms with Gasteiger partial charge in [-0.25, -0.2) is 0 Å². The molecule has 42 heavy (non-hydrogen) atoms. The van der Waals surface area contributed by atoms with E-state index < -0.39 is 22.5 Å². The van der Waals surface area contributed by atoms with E-state index >= 15 is 4.79 Å². The lowest BCUT2D eigenvalue weighted by Gasteiger charge is -2.42. The highest BCUT2D eigenvalue weighted by Gasteiger charge is 2.80. The van der Waals surface area contributed by atoms with Crippen LogP contribution in [0, 0.1) is 13.8 Å². The Hall–Kier alpha value is -3.48. The monoisotopic (exact) mass is 566 g/mol. The number of nitrogens with zero attached hydrogens (tertiary/aromatic N) is 2. The second-order valence-electron chi connectivity index (χ2n) is 12.5. The summed E-state index contributed by atoms with van der Waals surface area (Å²) in [5.74, 6) is -0.250. The molecule has 1 fully saturated rings. The number of rotatable bonds is 8. The number of carbonyl (C=O) groups excluding carboxylic acids is 2. The van der Waals surface area contributed by atoms with E-state index in [2.05, 4.69) is 19.9 Å². The van der Waals surface area contributed by atoms with Crippen molar-refractivity contribution < 1.29 is 19.4 Å². The molecule has 6 nitrogen and oxygen atoms in total. The van der Waals surface area contributed by atoms with Crippen LogP contribution in [0.2, 0.25) is 0 Å². The maximum atomic E-state index is 15.1. The van der Waals surface area contributed by atoms with Crippen LogP contribution in [-0.2, 0) is 30.8 Å². The molecule has 0 bridgehead atoms. The normalized spacial score (nSPS) is 27.9. The molecule has 2 heterocycles. The Morgan fingerprint density at radius 2 is 1.36 bits per heavy atom. The van der Waals surface area contributed by atoms with Gasteiger partial charge in [0.05, 0.1) is 0 Å². The summed E-state index contributed by atoms with van der Waals surface area (Å²) < 4.78 is 6.37. The topological polar surface area (TPSA) is 70.1 Å². The van der Waals surface area contributed by atoms with Crippen LogP contribution in [0.4, 0.5) is 11.4 Å². The average Bonchev–Trinajstić information content (AvgIpc) is 3.48. The van der Waals surface area contributed by atoms with Crippen molar-refractivity contribution in [3.05, 3.63) is 94.5 Å². The number of benzene rings is 3. The van der Waals surface area contributed by atoms with Crippen LogP contribution in [0.15, 0.2) is 66.7 Å². The molecule has 1 aliphatic carbocycles. The van der Waals surface area contributed by atoms with Gasteiger partial charge < -0.3 is 19.6 Å². The first-order valence-corrected chi connectivity index (χ1v) is 15.4. The molecule has 220 valence electrons. The standard InChI is InChI=1S/C36H42N2O4/c1-6-8-19-37-29-17-15-24(3)21-27(29)34(32(37)39)23-35(36(41,31(34)42-5)26-13-11-10-12-14-26)28-22-25(4)16-18-30(28)38(33(35)40)20-9-7-2/h10-18,21-22,31,41H,6-9,19-20,23H2,1-5H3. The number of hydrogen-bond acceptors (Lipinski definition) is 4. The minimum Gasteiger partial charge on any atom is -0.381 e. The number of fused-ring (bicyclic) bond motifs is 4. The number of aliphatic hydroxyl groups is 1. The fourth-order valence-electron chi connectivity index (χ4n) is 8.12. The van der Waals surface area contributed by atoms with E-state index in [1.54, 1.807) is 7.11 Å². The third-order valence-electron chi connectivity index (χ3n) is 10.0. The van der Waals surface area contributed by atoms with Crippen LogP contribution in [0.1, 0.15) is 73.8 Å². The van der Waals surface area contributed by atoms with E-state index in [4.69, 9.17) is 4.74 Å². The molecule has 2 amide bonds. The largest absolute Gasteiger partial charge is 0.381 e. The Morgan fingerprint density at radius 1 is 0.810 bits per heavy atom. The van der Waals surface area contributed by atoms with E-state index in [-0.39, 0.29) is 18.2 Å². The van der Waals surface area contributed by atoms with Gasteiger partial charge in [0, 0.05) is 31.6 Å². The number of aryl methyl sites for hydroxylation is 2. The summed E-state index contributed by atoms with van der Waals surface area (Å²) in [5, 5.41) is 13.5. The van der Waals surface area contributed by atoms with Crippen molar-refractivity contribution in [1.29, 1.82) is 0 Å². The van der Waals surface area contributed by atoms with Crippen molar-refractivity contribution in [2.24, 2.45) is 0 Å². The minimum atomic E-state index is -1.82. The van der Waals surface area contributed by atoms with Gasteiger partial charge in [0.25, 0.3) is 0 Å². The van der Waals surface area contributed by atoms with E-state index in [0.29, 0.717) is 18.7 Å². The van der Waals surface area contributed by atoms with Crippen molar-refractivity contribution >= 4 is 23.2 Å². The Balaban J connectivity index is 1.70. The molecule has 1 N–H and O–H groups in total. The van der Waals surface area contributed by atoms with Crippen LogP contribution in [0.3, 0.4) is 0 Å². The van der Waals surface area contributed by atoms with E-state index in [9.17, 15) is 9.90 Å². The quantitative estimate of drug-likeness (QED) is 0.359. The highest BCUT2D eigenvalue weighted by atomic mass is 16.5. The van der Waals surface area contributed by atoms with Gasteiger partial charge in [-0.15, -0.1) is 0 Å². The summed E-state index contributed by atoms with van der Waals surface area (Å²) in [6.07, 6.45) is 2.69. The summed E-state index contributed by atoms with van der Waals surface area (Å²) in [6.45, 7) is 9.39. The van der Waals surface area contributed by atoms with Crippen LogP contribution in [-0.4, -0.2) is 43.2 Å². The fourth-order valence-corrected chi connectivity index (χ4v) is 8.12. The Kier molecular flexibility index (Phi) is 7.06. The molecule has 0 radical (unpaired) electrons. The lowest BCUT2D eigenvalue weighted by Crippen LogP contribution is -2.58. The Labute approximate surface area is 249 Å². The molecule has 4 atom stereocenters. The van der Waals surface area contributed by atoms with Crippen molar-refractivity contribution in [2.45, 2.75) is 82.3 Å². The fraction of sp³-hybridized carbons (Fsp3) is 0.444. The van der Waals surface area contributed by atoms with Gasteiger partial charge in [-0.05, 0) is 61.9 Å². The highest BCUT2D eigenvalue weighted by Crippen LogP contribution is 2.69. The van der Waals surface area contributed by atoms with Gasteiger partial charge in [-0.1, -0.05) is 92.4 Å². The van der Waals surface area contributed by atoms with Crippen molar-refractivity contribution in [1.82, 2.24) is 0 Å². The van der Waals surface area contributed by atoms with E-state index in [1.807, 2.05) is 84.3 Å². The molecule has 3 aliphatic rings. The number of carbonyl (C=O) groups is 2. The number of amides is 2. The summed E-state index contributed by atoms with van der Waals surface area (Å²) >= 11 is 0. The summed E-state index contributed by atoms with van der Waals surface area (Å²) in [7, 11) is 1.57. The van der Waals surface area contributed by atoms with Crippen LogP contribution >= 0.6 is 0 Å². The second-order valence-corrected chi connectivity index (χ2v) is 12.5. The van der Waals surface area contributed by atoms with E-state index in [1.165, 1.54) is 0 Å². The SMILES string of the molecule is CCCCN1C(=O)C2(CC3(C(=O)N(CCCC)c4ccc(C)cc43)C(O)(c3ccccc3)C2OC)c2cc(C)ccc21. The zero-order chi connectivity index (χ0) is 29.9. The van der Waals surface area contributed by atoms with E-state index in [0.717, 1.165) is 59.3 Å². The zero-order valence-corrected chi connectivity index (χ0v) is 25.4. The Morgan fingerprint density at radius 3 is 1.93 bits per heavy atom. The first kappa shape index (κ1) is 28.6. The van der Waals surface area contributed by atoms with Gasteiger partial charge >= 0.3 is 0 Å². The first-order chi connectivity index (χ1) is 20.2.